The summed E-state index contributed by atoms with van der Waals surface area (Å²) in [5.74, 6) is 0. The zero-order valence-corrected chi connectivity index (χ0v) is 18.3. The molecule has 150 valence electrons. The molecule has 1 saturated heterocycles. The molecule has 0 amide bonds. The fourth-order valence-corrected chi connectivity index (χ4v) is 9.25. The summed E-state index contributed by atoms with van der Waals surface area (Å²) >= 11 is 0. The van der Waals surface area contributed by atoms with Crippen LogP contribution < -0.4 is 10.4 Å². The first-order chi connectivity index (χ1) is 13.4. The van der Waals surface area contributed by atoms with E-state index in [9.17, 15) is 5.21 Å². The van der Waals surface area contributed by atoms with Gasteiger partial charge in [0.2, 0.25) is 0 Å². The van der Waals surface area contributed by atoms with E-state index < -0.39 is 8.32 Å². The van der Waals surface area contributed by atoms with Gasteiger partial charge in [-0.25, -0.2) is 0 Å². The van der Waals surface area contributed by atoms with Gasteiger partial charge in [-0.05, 0) is 34.7 Å². The highest BCUT2D eigenvalue weighted by Crippen LogP contribution is 2.39. The van der Waals surface area contributed by atoms with Crippen LogP contribution in [0.3, 0.4) is 0 Å². The molecule has 1 fully saturated rings. The lowest BCUT2D eigenvalue weighted by Crippen LogP contribution is -2.69. The van der Waals surface area contributed by atoms with Gasteiger partial charge >= 0.3 is 0 Å². The molecule has 0 bridgehead atoms. The number of rotatable bonds is 6. The number of benzene rings is 2. The van der Waals surface area contributed by atoms with Crippen LogP contribution in [-0.2, 0) is 4.43 Å². The summed E-state index contributed by atoms with van der Waals surface area (Å²) in [5.41, 5.74) is 0. The monoisotopic (exact) mass is 395 g/mol. The Morgan fingerprint density at radius 3 is 2.07 bits per heavy atom. The van der Waals surface area contributed by atoms with Gasteiger partial charge in [0.1, 0.15) is 0 Å². The minimum atomic E-state index is -2.61. The lowest BCUT2D eigenvalue weighted by molar-refractivity contribution is -0.169. The summed E-state index contributed by atoms with van der Waals surface area (Å²) in [6, 6.07) is 21.4. The number of hydroxylamine groups is 2. The third kappa shape index (κ3) is 4.01. The lowest BCUT2D eigenvalue weighted by Gasteiger charge is -2.48. The van der Waals surface area contributed by atoms with E-state index in [1.54, 1.807) is 0 Å². The van der Waals surface area contributed by atoms with Crippen molar-refractivity contribution in [2.24, 2.45) is 0 Å². The van der Waals surface area contributed by atoms with Crippen molar-refractivity contribution in [1.82, 2.24) is 5.06 Å². The van der Waals surface area contributed by atoms with E-state index in [2.05, 4.69) is 88.0 Å². The molecule has 2 atom stereocenters. The summed E-state index contributed by atoms with van der Waals surface area (Å²) in [6.07, 6.45) is 4.48. The molecule has 2 aromatic rings. The molecule has 28 heavy (non-hydrogen) atoms. The van der Waals surface area contributed by atoms with Crippen molar-refractivity contribution in [2.45, 2.75) is 57.2 Å². The first kappa shape index (κ1) is 21.0. The first-order valence-electron chi connectivity index (χ1n) is 10.3. The highest BCUT2D eigenvalue weighted by Gasteiger charge is 2.52. The van der Waals surface area contributed by atoms with E-state index >= 15 is 0 Å². The van der Waals surface area contributed by atoms with Gasteiger partial charge in [0.15, 0.2) is 0 Å². The van der Waals surface area contributed by atoms with Crippen molar-refractivity contribution >= 4 is 18.7 Å². The van der Waals surface area contributed by atoms with Gasteiger partial charge in [-0.15, -0.1) is 6.58 Å². The maximum atomic E-state index is 10.5. The average molecular weight is 396 g/mol. The topological polar surface area (TPSA) is 32.7 Å². The van der Waals surface area contributed by atoms with Crippen LogP contribution in [0.1, 0.15) is 40.0 Å². The molecule has 0 spiro atoms. The Morgan fingerprint density at radius 1 is 1.07 bits per heavy atom. The standard InChI is InChI=1S/C24H33NO2Si/c1-5-13-22-23(18-12-19-25(22)26)27-28(24(2,3)4,20-14-8-6-9-15-20)21-16-10-7-11-17-21/h5-11,14-17,22-23,26H,1,12-13,18-19H2,2-4H3/t22-,23-/m0/s1. The SMILES string of the molecule is C=CC[C@H]1[C@@H](O[Si](c2ccccc2)(c2ccccc2)C(C)(C)C)CCCN1O. The van der Waals surface area contributed by atoms with E-state index in [4.69, 9.17) is 4.43 Å². The van der Waals surface area contributed by atoms with E-state index in [0.717, 1.165) is 19.3 Å². The normalized spacial score (nSPS) is 21.4. The molecule has 3 nitrogen and oxygen atoms in total. The predicted octanol–water partition coefficient (Wildman–Crippen LogP) is 4.36. The Kier molecular flexibility index (Phi) is 6.56. The lowest BCUT2D eigenvalue weighted by atomic mass is 9.98. The van der Waals surface area contributed by atoms with Crippen LogP contribution in [0.5, 0.6) is 0 Å². The summed E-state index contributed by atoms with van der Waals surface area (Å²) in [7, 11) is -2.61. The van der Waals surface area contributed by atoms with E-state index in [1.807, 2.05) is 6.08 Å². The maximum Gasteiger partial charge on any atom is 0.261 e. The van der Waals surface area contributed by atoms with E-state index in [-0.39, 0.29) is 17.2 Å². The largest absolute Gasteiger partial charge is 0.403 e. The minimum absolute atomic E-state index is 0.0250. The fourth-order valence-electron chi connectivity index (χ4n) is 4.50. The van der Waals surface area contributed by atoms with Crippen molar-refractivity contribution in [1.29, 1.82) is 0 Å². The third-order valence-corrected chi connectivity index (χ3v) is 10.9. The fraction of sp³-hybridized carbons (Fsp3) is 0.417. The Labute approximate surface area is 170 Å². The second-order valence-electron chi connectivity index (χ2n) is 8.72. The Hall–Kier alpha value is -1.72. The molecular formula is C24H33NO2Si. The molecule has 1 heterocycles. The molecule has 1 N–H and O–H groups in total. The molecular weight excluding hydrogens is 362 g/mol. The number of piperidine rings is 1. The summed E-state index contributed by atoms with van der Waals surface area (Å²) in [5, 5.41) is 14.5. The molecule has 3 rings (SSSR count). The number of hydrogen-bond acceptors (Lipinski definition) is 3. The van der Waals surface area contributed by atoms with Crippen molar-refractivity contribution in [3.63, 3.8) is 0 Å². The molecule has 1 aliphatic heterocycles. The van der Waals surface area contributed by atoms with Gasteiger partial charge in [0.05, 0.1) is 12.1 Å². The zero-order chi connectivity index (χ0) is 20.2. The van der Waals surface area contributed by atoms with Crippen LogP contribution in [0.2, 0.25) is 5.04 Å². The molecule has 0 aromatic heterocycles. The molecule has 0 saturated carbocycles. The molecule has 0 aliphatic carbocycles. The van der Waals surface area contributed by atoms with Gasteiger partial charge in [0.25, 0.3) is 8.32 Å². The molecule has 0 unspecified atom stereocenters. The van der Waals surface area contributed by atoms with Gasteiger partial charge < -0.3 is 9.63 Å². The van der Waals surface area contributed by atoms with Crippen LogP contribution in [0.25, 0.3) is 0 Å². The van der Waals surface area contributed by atoms with Crippen LogP contribution in [0.15, 0.2) is 73.3 Å². The molecule has 0 radical (unpaired) electrons. The predicted molar refractivity (Wildman–Crippen MR) is 119 cm³/mol. The van der Waals surface area contributed by atoms with Gasteiger partial charge in [-0.2, -0.15) is 5.06 Å². The molecule has 2 aromatic carbocycles. The quantitative estimate of drug-likeness (QED) is 0.583. The highest BCUT2D eigenvalue weighted by molar-refractivity contribution is 6.99. The van der Waals surface area contributed by atoms with Crippen LogP contribution >= 0.6 is 0 Å². The number of hydrogen-bond donors (Lipinski definition) is 1. The second-order valence-corrected chi connectivity index (χ2v) is 13.0. The van der Waals surface area contributed by atoms with Gasteiger partial charge in [-0.3, -0.25) is 0 Å². The van der Waals surface area contributed by atoms with Crippen molar-refractivity contribution in [3.05, 3.63) is 73.3 Å². The second kappa shape index (κ2) is 8.74. The van der Waals surface area contributed by atoms with Crippen molar-refractivity contribution < 1.29 is 9.63 Å². The van der Waals surface area contributed by atoms with Gasteiger partial charge in [0, 0.05) is 6.54 Å². The van der Waals surface area contributed by atoms with Crippen molar-refractivity contribution in [2.75, 3.05) is 6.54 Å². The van der Waals surface area contributed by atoms with Gasteiger partial charge in [-0.1, -0.05) is 87.5 Å². The third-order valence-electron chi connectivity index (χ3n) is 5.84. The van der Waals surface area contributed by atoms with Crippen LogP contribution in [0, 0.1) is 0 Å². The van der Waals surface area contributed by atoms with Crippen LogP contribution in [-0.4, -0.2) is 37.3 Å². The number of nitrogens with zero attached hydrogens (tertiary/aromatic N) is 1. The smallest absolute Gasteiger partial charge is 0.261 e. The molecule has 1 aliphatic rings. The van der Waals surface area contributed by atoms with E-state index in [1.165, 1.54) is 15.4 Å². The highest BCUT2D eigenvalue weighted by atomic mass is 28.4. The molecule has 4 heteroatoms. The van der Waals surface area contributed by atoms with E-state index in [0.29, 0.717) is 6.54 Å². The van der Waals surface area contributed by atoms with Crippen molar-refractivity contribution in [3.8, 4) is 0 Å². The zero-order valence-electron chi connectivity index (χ0n) is 17.3. The summed E-state index contributed by atoms with van der Waals surface area (Å²) < 4.78 is 7.24. The maximum absolute atomic E-state index is 10.5. The summed E-state index contributed by atoms with van der Waals surface area (Å²) in [6.45, 7) is 11.5. The Bertz CT molecular complexity index is 718. The Balaban J connectivity index is 2.14. The summed E-state index contributed by atoms with van der Waals surface area (Å²) in [4.78, 5) is 0. The first-order valence-corrected chi connectivity index (χ1v) is 12.2. The van der Waals surface area contributed by atoms with Crippen LogP contribution in [0.4, 0.5) is 0 Å². The Morgan fingerprint density at radius 2 is 1.61 bits per heavy atom. The average Bonchev–Trinajstić information content (AvgIpc) is 2.69. The minimum Gasteiger partial charge on any atom is -0.403 e.